The Kier molecular flexibility index (Phi) is 4.91. The average molecular weight is 366 g/mol. The van der Waals surface area contributed by atoms with Crippen LogP contribution in [0.15, 0.2) is 51.9 Å². The van der Waals surface area contributed by atoms with E-state index >= 15 is 0 Å². The van der Waals surface area contributed by atoms with Gasteiger partial charge < -0.3 is 19.6 Å². The summed E-state index contributed by atoms with van der Waals surface area (Å²) in [5.41, 5.74) is 1.25. The highest BCUT2D eigenvalue weighted by molar-refractivity contribution is 5.80. The summed E-state index contributed by atoms with van der Waals surface area (Å²) in [6, 6.07) is 11.2. The van der Waals surface area contributed by atoms with Gasteiger partial charge in [0, 0.05) is 26.1 Å². The molecule has 1 aliphatic heterocycles. The lowest BCUT2D eigenvalue weighted by atomic mass is 9.97. The molecule has 27 heavy (non-hydrogen) atoms. The minimum absolute atomic E-state index is 0.0171. The smallest absolute Gasteiger partial charge is 0.291 e. The van der Waals surface area contributed by atoms with E-state index in [1.54, 1.807) is 6.26 Å². The van der Waals surface area contributed by atoms with Crippen molar-refractivity contribution in [3.05, 3.63) is 58.8 Å². The molecule has 1 saturated heterocycles. The van der Waals surface area contributed by atoms with Crippen LogP contribution >= 0.6 is 0 Å². The maximum atomic E-state index is 12.5. The number of fused-ring (bicyclic) bond motifs is 1. The lowest BCUT2D eigenvalue weighted by Gasteiger charge is -2.32. The molecule has 1 aliphatic rings. The van der Waals surface area contributed by atoms with Gasteiger partial charge >= 0.3 is 0 Å². The monoisotopic (exact) mass is 366 g/mol. The molecule has 0 bridgehead atoms. The zero-order chi connectivity index (χ0) is 18.6. The number of hydrogen-bond acceptors (Lipinski definition) is 5. The molecule has 0 saturated carbocycles. The van der Waals surface area contributed by atoms with Crippen LogP contribution < -0.4 is 15.8 Å². The van der Waals surface area contributed by atoms with Crippen LogP contribution in [0.5, 0.6) is 0 Å². The number of aromatic nitrogens is 2. The Morgan fingerprint density at radius 2 is 2.19 bits per heavy atom. The lowest BCUT2D eigenvalue weighted by Crippen LogP contribution is -2.45. The number of carbonyl (C=O) groups excluding carboxylic acids is 1. The third-order valence-electron chi connectivity index (χ3n) is 4.92. The van der Waals surface area contributed by atoms with Gasteiger partial charge in [0.15, 0.2) is 5.82 Å². The predicted molar refractivity (Wildman–Crippen MR) is 103 cm³/mol. The Morgan fingerprint density at radius 3 is 3.04 bits per heavy atom. The Bertz CT molecular complexity index is 980. The molecule has 0 aliphatic carbocycles. The van der Waals surface area contributed by atoms with Crippen molar-refractivity contribution >= 4 is 22.8 Å². The molecule has 0 radical (unpaired) electrons. The number of furan rings is 1. The summed E-state index contributed by atoms with van der Waals surface area (Å²) in [6.45, 7) is 1.77. The topological polar surface area (TPSA) is 91.2 Å². The van der Waals surface area contributed by atoms with Crippen LogP contribution in [-0.4, -0.2) is 35.5 Å². The second-order valence-electron chi connectivity index (χ2n) is 6.81. The Morgan fingerprint density at radius 1 is 1.30 bits per heavy atom. The molecule has 1 fully saturated rings. The summed E-state index contributed by atoms with van der Waals surface area (Å²) in [6.07, 6.45) is 3.96. The fraction of sp³-hybridized carbons (Fsp3) is 0.350. The zero-order valence-electron chi connectivity index (χ0n) is 15.0. The third-order valence-corrected chi connectivity index (χ3v) is 4.92. The highest BCUT2D eigenvalue weighted by Gasteiger charge is 2.27. The van der Waals surface area contributed by atoms with Crippen LogP contribution in [0.1, 0.15) is 18.6 Å². The largest absolute Gasteiger partial charge is 0.469 e. The molecule has 1 amide bonds. The lowest BCUT2D eigenvalue weighted by molar-refractivity contribution is -0.125. The van der Waals surface area contributed by atoms with Crippen molar-refractivity contribution in [3.8, 4) is 0 Å². The molecule has 1 aromatic carbocycles. The maximum absolute atomic E-state index is 12.5. The van der Waals surface area contributed by atoms with Crippen LogP contribution in [0.25, 0.3) is 11.0 Å². The van der Waals surface area contributed by atoms with Gasteiger partial charge in [0.05, 0.1) is 23.2 Å². The molecule has 3 aromatic rings. The van der Waals surface area contributed by atoms with Crippen molar-refractivity contribution in [3.63, 3.8) is 0 Å². The summed E-state index contributed by atoms with van der Waals surface area (Å²) in [5.74, 6) is 1.11. The van der Waals surface area contributed by atoms with Crippen molar-refractivity contribution < 1.29 is 9.21 Å². The van der Waals surface area contributed by atoms with Gasteiger partial charge in [-0.15, -0.1) is 0 Å². The van der Waals surface area contributed by atoms with E-state index in [-0.39, 0.29) is 17.4 Å². The number of nitrogens with one attached hydrogen (secondary N) is 2. The number of H-pyrrole nitrogens is 1. The molecule has 7 heteroatoms. The SMILES string of the molecule is O=C(NCCc1ccco1)C1CCCN(c2nc3ccccc3[nH]c2=O)C1. The standard InChI is InChI=1S/C20H22N4O3/c25-19(21-10-9-15-6-4-12-27-15)14-5-3-11-24(13-14)18-20(26)23-17-8-2-1-7-16(17)22-18/h1-2,4,6-8,12,14H,3,5,9-11,13H2,(H,21,25)(H,23,26). The number of aromatic amines is 1. The normalized spacial score (nSPS) is 17.2. The molecule has 2 N–H and O–H groups in total. The summed E-state index contributed by atoms with van der Waals surface area (Å²) < 4.78 is 5.28. The predicted octanol–water partition coefficient (Wildman–Crippen LogP) is 2.09. The summed E-state index contributed by atoms with van der Waals surface area (Å²) in [7, 11) is 0. The number of hydrogen-bond donors (Lipinski definition) is 2. The van der Waals surface area contributed by atoms with E-state index < -0.39 is 0 Å². The molecule has 3 heterocycles. The van der Waals surface area contributed by atoms with Crippen LogP contribution in [0, 0.1) is 5.92 Å². The van der Waals surface area contributed by atoms with E-state index in [1.165, 1.54) is 0 Å². The molecule has 7 nitrogen and oxygen atoms in total. The van der Waals surface area contributed by atoms with E-state index in [1.807, 2.05) is 41.3 Å². The van der Waals surface area contributed by atoms with Gasteiger partial charge in [-0.05, 0) is 37.1 Å². The quantitative estimate of drug-likeness (QED) is 0.721. The molecule has 1 unspecified atom stereocenters. The summed E-state index contributed by atoms with van der Waals surface area (Å²) >= 11 is 0. The van der Waals surface area contributed by atoms with Gasteiger partial charge in [0.1, 0.15) is 5.76 Å². The summed E-state index contributed by atoms with van der Waals surface area (Å²) in [4.78, 5) is 34.3. The molecule has 140 valence electrons. The first-order valence-electron chi connectivity index (χ1n) is 9.25. The van der Waals surface area contributed by atoms with Crippen molar-refractivity contribution in [2.75, 3.05) is 24.5 Å². The van der Waals surface area contributed by atoms with Gasteiger partial charge in [-0.2, -0.15) is 0 Å². The van der Waals surface area contributed by atoms with E-state index in [0.29, 0.717) is 25.3 Å². The van der Waals surface area contributed by atoms with E-state index in [0.717, 1.165) is 36.2 Å². The first-order chi connectivity index (χ1) is 13.2. The number of anilines is 1. The molecular weight excluding hydrogens is 344 g/mol. The second kappa shape index (κ2) is 7.65. The molecule has 4 rings (SSSR count). The van der Waals surface area contributed by atoms with Crippen molar-refractivity contribution in [1.29, 1.82) is 0 Å². The Labute approximate surface area is 156 Å². The zero-order valence-corrected chi connectivity index (χ0v) is 15.0. The van der Waals surface area contributed by atoms with Crippen molar-refractivity contribution in [2.24, 2.45) is 5.92 Å². The number of piperidine rings is 1. The number of benzene rings is 1. The highest BCUT2D eigenvalue weighted by atomic mass is 16.3. The van der Waals surface area contributed by atoms with Crippen LogP contribution in [0.3, 0.4) is 0 Å². The van der Waals surface area contributed by atoms with Crippen molar-refractivity contribution in [1.82, 2.24) is 15.3 Å². The fourth-order valence-corrected chi connectivity index (χ4v) is 3.53. The summed E-state index contributed by atoms with van der Waals surface area (Å²) in [5, 5.41) is 2.97. The Hall–Kier alpha value is -3.09. The van der Waals surface area contributed by atoms with Gasteiger partial charge in [-0.1, -0.05) is 12.1 Å². The minimum Gasteiger partial charge on any atom is -0.469 e. The van der Waals surface area contributed by atoms with E-state index in [4.69, 9.17) is 4.42 Å². The maximum Gasteiger partial charge on any atom is 0.291 e. The van der Waals surface area contributed by atoms with E-state index in [9.17, 15) is 9.59 Å². The highest BCUT2D eigenvalue weighted by Crippen LogP contribution is 2.21. The number of nitrogens with zero attached hydrogens (tertiary/aromatic N) is 2. The number of para-hydroxylation sites is 2. The first kappa shape index (κ1) is 17.3. The Balaban J connectivity index is 1.42. The van der Waals surface area contributed by atoms with Gasteiger partial charge in [0.2, 0.25) is 5.91 Å². The number of carbonyl (C=O) groups is 1. The van der Waals surface area contributed by atoms with E-state index in [2.05, 4.69) is 15.3 Å². The van der Waals surface area contributed by atoms with Crippen molar-refractivity contribution in [2.45, 2.75) is 19.3 Å². The second-order valence-corrected chi connectivity index (χ2v) is 6.81. The third kappa shape index (κ3) is 3.86. The van der Waals surface area contributed by atoms with Crippen LogP contribution in [0.4, 0.5) is 5.82 Å². The fourth-order valence-electron chi connectivity index (χ4n) is 3.53. The van der Waals surface area contributed by atoms with Gasteiger partial charge in [0.25, 0.3) is 5.56 Å². The van der Waals surface area contributed by atoms with Gasteiger partial charge in [-0.3, -0.25) is 9.59 Å². The van der Waals surface area contributed by atoms with Crippen LogP contribution in [0.2, 0.25) is 0 Å². The minimum atomic E-state index is -0.215. The molecule has 0 spiro atoms. The van der Waals surface area contributed by atoms with Gasteiger partial charge in [-0.25, -0.2) is 4.98 Å². The number of amides is 1. The molecule has 2 aromatic heterocycles. The van der Waals surface area contributed by atoms with Crippen LogP contribution in [-0.2, 0) is 11.2 Å². The molecular formula is C20H22N4O3. The average Bonchev–Trinajstić information content (AvgIpc) is 3.21. The molecule has 1 atom stereocenters. The number of rotatable bonds is 5. The first-order valence-corrected chi connectivity index (χ1v) is 9.25.